The maximum absolute atomic E-state index is 12.8. The second-order valence-electron chi connectivity index (χ2n) is 17.6. The summed E-state index contributed by atoms with van der Waals surface area (Å²) in [6.07, 6.45) is 72.1. The Morgan fingerprint density at radius 3 is 1.03 bits per heavy atom. The van der Waals surface area contributed by atoms with Gasteiger partial charge >= 0.3 is 17.9 Å². The van der Waals surface area contributed by atoms with Gasteiger partial charge in [-0.25, -0.2) is 0 Å². The van der Waals surface area contributed by atoms with Gasteiger partial charge in [-0.2, -0.15) is 0 Å². The van der Waals surface area contributed by atoms with Crippen LogP contribution in [0.4, 0.5) is 0 Å². The number of carbonyl (C=O) groups excluding carboxylic acids is 3. The quantitative estimate of drug-likeness (QED) is 0.0199. The summed E-state index contributed by atoms with van der Waals surface area (Å²) in [6, 6.07) is 0. The van der Waals surface area contributed by atoms with Gasteiger partial charge in [0.25, 0.3) is 0 Å². The van der Waals surface area contributed by atoms with Crippen LogP contribution in [0.2, 0.25) is 0 Å². The van der Waals surface area contributed by atoms with Crippen molar-refractivity contribution in [2.24, 2.45) is 0 Å². The minimum absolute atomic E-state index is 0.102. The van der Waals surface area contributed by atoms with Crippen molar-refractivity contribution in [3.05, 3.63) is 109 Å². The number of unbranched alkanes of at least 4 members (excludes halogenated alkanes) is 24. The van der Waals surface area contributed by atoms with Crippen LogP contribution in [0, 0.1) is 0 Å². The standard InChI is InChI=1S/C60H98O6/c1-4-7-10-13-16-19-22-24-26-28-30-32-33-35-38-41-44-47-50-53-59(62)65-56-57(55-64-58(61)52-49-46-43-40-37-21-18-15-12-9-6-3)66-60(63)54-51-48-45-42-39-36-34-31-29-27-25-23-20-17-14-11-8-5-2/h7,10,13,15-16,18-19,22,24,26,28,30-35,38,57H,4-6,8-9,11-12,14,17,20-21,23,25,27,29,36-37,39-56H2,1-3H3/b10-7-,16-13-,18-15-,22-19-,26-24-,30-28+,33-32-,34-31-,38-35-. The van der Waals surface area contributed by atoms with E-state index in [1.807, 2.05) is 72.9 Å². The van der Waals surface area contributed by atoms with E-state index in [0.717, 1.165) is 96.3 Å². The van der Waals surface area contributed by atoms with Crippen molar-refractivity contribution in [3.63, 3.8) is 0 Å². The number of hydrogen-bond donors (Lipinski definition) is 0. The minimum atomic E-state index is -0.806. The minimum Gasteiger partial charge on any atom is -0.462 e. The van der Waals surface area contributed by atoms with E-state index < -0.39 is 6.10 Å². The number of allylic oxidation sites excluding steroid dienone is 18. The molecule has 0 heterocycles. The first-order valence-electron chi connectivity index (χ1n) is 27.0. The van der Waals surface area contributed by atoms with E-state index in [4.69, 9.17) is 14.2 Å². The summed E-state index contributed by atoms with van der Waals surface area (Å²) in [5, 5.41) is 0. The molecule has 0 aliphatic rings. The number of esters is 3. The third-order valence-electron chi connectivity index (χ3n) is 11.2. The van der Waals surface area contributed by atoms with Gasteiger partial charge in [-0.3, -0.25) is 14.4 Å². The Bertz CT molecular complexity index is 1370. The molecule has 0 spiro atoms. The molecule has 374 valence electrons. The van der Waals surface area contributed by atoms with Crippen LogP contribution in [0.1, 0.15) is 233 Å². The monoisotopic (exact) mass is 915 g/mol. The predicted octanol–water partition coefficient (Wildman–Crippen LogP) is 17.9. The smallest absolute Gasteiger partial charge is 0.306 e. The highest BCUT2D eigenvalue weighted by molar-refractivity contribution is 5.71. The van der Waals surface area contributed by atoms with Crippen LogP contribution < -0.4 is 0 Å². The van der Waals surface area contributed by atoms with Crippen molar-refractivity contribution >= 4 is 17.9 Å². The topological polar surface area (TPSA) is 78.9 Å². The fourth-order valence-electron chi connectivity index (χ4n) is 7.11. The number of carbonyl (C=O) groups is 3. The average molecular weight is 915 g/mol. The lowest BCUT2D eigenvalue weighted by atomic mass is 10.1. The zero-order valence-corrected chi connectivity index (χ0v) is 42.7. The van der Waals surface area contributed by atoms with Gasteiger partial charge in [0.15, 0.2) is 6.10 Å². The molecule has 0 radical (unpaired) electrons. The predicted molar refractivity (Wildman–Crippen MR) is 283 cm³/mol. The first-order chi connectivity index (χ1) is 32.5. The molecule has 0 aliphatic heterocycles. The molecule has 0 rings (SSSR count). The van der Waals surface area contributed by atoms with Gasteiger partial charge in [0, 0.05) is 19.3 Å². The molecule has 6 nitrogen and oxygen atoms in total. The fourth-order valence-corrected chi connectivity index (χ4v) is 7.11. The van der Waals surface area contributed by atoms with Gasteiger partial charge in [0.1, 0.15) is 13.2 Å². The van der Waals surface area contributed by atoms with Crippen molar-refractivity contribution < 1.29 is 28.6 Å². The fraction of sp³-hybridized carbons (Fsp3) is 0.650. The van der Waals surface area contributed by atoms with Gasteiger partial charge in [0.05, 0.1) is 0 Å². The largest absolute Gasteiger partial charge is 0.462 e. The Hall–Kier alpha value is -3.93. The Morgan fingerprint density at radius 1 is 0.318 bits per heavy atom. The Balaban J connectivity index is 4.49. The Labute approximate surface area is 406 Å². The van der Waals surface area contributed by atoms with Crippen molar-refractivity contribution in [3.8, 4) is 0 Å². The molecule has 66 heavy (non-hydrogen) atoms. The van der Waals surface area contributed by atoms with E-state index in [-0.39, 0.29) is 31.1 Å². The Kier molecular flexibility index (Phi) is 50.5. The molecule has 0 amide bonds. The summed E-state index contributed by atoms with van der Waals surface area (Å²) in [4.78, 5) is 38.0. The molecule has 0 aromatic rings. The highest BCUT2D eigenvalue weighted by Gasteiger charge is 2.19. The number of ether oxygens (including phenoxy) is 3. The number of hydrogen-bond acceptors (Lipinski definition) is 6. The molecule has 0 bridgehead atoms. The molecule has 1 atom stereocenters. The lowest BCUT2D eigenvalue weighted by Crippen LogP contribution is -2.30. The van der Waals surface area contributed by atoms with E-state index in [9.17, 15) is 14.4 Å². The van der Waals surface area contributed by atoms with Gasteiger partial charge in [-0.1, -0.05) is 239 Å². The van der Waals surface area contributed by atoms with Crippen LogP contribution in [-0.2, 0) is 28.6 Å². The maximum atomic E-state index is 12.8. The van der Waals surface area contributed by atoms with E-state index in [2.05, 4.69) is 57.2 Å². The van der Waals surface area contributed by atoms with E-state index >= 15 is 0 Å². The average Bonchev–Trinajstić information content (AvgIpc) is 3.31. The van der Waals surface area contributed by atoms with Crippen molar-refractivity contribution in [1.82, 2.24) is 0 Å². The highest BCUT2D eigenvalue weighted by Crippen LogP contribution is 2.14. The van der Waals surface area contributed by atoms with E-state index in [1.54, 1.807) is 0 Å². The normalized spacial score (nSPS) is 13.0. The summed E-state index contributed by atoms with van der Waals surface area (Å²) in [5.74, 6) is -0.969. The van der Waals surface area contributed by atoms with Crippen molar-refractivity contribution in [1.29, 1.82) is 0 Å². The molecule has 0 aromatic carbocycles. The van der Waals surface area contributed by atoms with E-state index in [1.165, 1.54) is 96.3 Å². The molecular weight excluding hydrogens is 817 g/mol. The first kappa shape index (κ1) is 62.1. The molecule has 0 saturated carbocycles. The lowest BCUT2D eigenvalue weighted by Gasteiger charge is -2.18. The van der Waals surface area contributed by atoms with Gasteiger partial charge in [-0.15, -0.1) is 0 Å². The molecule has 0 saturated heterocycles. The van der Waals surface area contributed by atoms with Crippen LogP contribution in [0.3, 0.4) is 0 Å². The summed E-state index contributed by atoms with van der Waals surface area (Å²) in [6.45, 7) is 6.40. The molecule has 0 fully saturated rings. The van der Waals surface area contributed by atoms with Crippen LogP contribution in [0.25, 0.3) is 0 Å². The van der Waals surface area contributed by atoms with Crippen molar-refractivity contribution in [2.75, 3.05) is 13.2 Å². The second kappa shape index (κ2) is 53.7. The summed E-state index contributed by atoms with van der Waals surface area (Å²) in [7, 11) is 0. The summed E-state index contributed by atoms with van der Waals surface area (Å²) >= 11 is 0. The SMILES string of the molecule is CC\C=C/C=C\C=C/C=C\C=C\C=C/C=C\CCCCCC(=O)OCC(COC(=O)CCCCCCC/C=C\CCCC)OC(=O)CCCCCCC/C=C\CCCCCCCCCCC. The third kappa shape index (κ3) is 51.1. The summed E-state index contributed by atoms with van der Waals surface area (Å²) < 4.78 is 16.8. The van der Waals surface area contributed by atoms with Gasteiger partial charge < -0.3 is 14.2 Å². The van der Waals surface area contributed by atoms with Crippen LogP contribution in [0.15, 0.2) is 109 Å². The number of rotatable bonds is 47. The van der Waals surface area contributed by atoms with Gasteiger partial charge in [-0.05, 0) is 83.5 Å². The highest BCUT2D eigenvalue weighted by atomic mass is 16.6. The third-order valence-corrected chi connectivity index (χ3v) is 11.2. The Morgan fingerprint density at radius 2 is 0.621 bits per heavy atom. The maximum Gasteiger partial charge on any atom is 0.306 e. The molecule has 0 aliphatic carbocycles. The zero-order chi connectivity index (χ0) is 47.9. The molecule has 0 N–H and O–H groups in total. The first-order valence-corrected chi connectivity index (χ1v) is 27.0. The molecule has 6 heteroatoms. The van der Waals surface area contributed by atoms with Crippen LogP contribution in [0.5, 0.6) is 0 Å². The molecule has 0 aromatic heterocycles. The summed E-state index contributed by atoms with van der Waals surface area (Å²) in [5.41, 5.74) is 0. The molecular formula is C60H98O6. The van der Waals surface area contributed by atoms with Gasteiger partial charge in [0.2, 0.25) is 0 Å². The van der Waals surface area contributed by atoms with Crippen LogP contribution >= 0.6 is 0 Å². The lowest BCUT2D eigenvalue weighted by molar-refractivity contribution is -0.167. The van der Waals surface area contributed by atoms with Crippen LogP contribution in [-0.4, -0.2) is 37.2 Å². The molecule has 1 unspecified atom stereocenters. The van der Waals surface area contributed by atoms with Crippen molar-refractivity contribution in [2.45, 2.75) is 239 Å². The van der Waals surface area contributed by atoms with E-state index in [0.29, 0.717) is 19.3 Å². The second-order valence-corrected chi connectivity index (χ2v) is 17.6. The zero-order valence-electron chi connectivity index (χ0n) is 42.7.